The molecule has 0 aromatic heterocycles. The van der Waals surface area contributed by atoms with Crippen LogP contribution in [-0.4, -0.2) is 23.9 Å². The number of halogens is 2. The van der Waals surface area contributed by atoms with Crippen LogP contribution in [0.25, 0.3) is 0 Å². The van der Waals surface area contributed by atoms with Gasteiger partial charge >= 0.3 is 0 Å². The molecule has 1 aromatic rings. The van der Waals surface area contributed by atoms with Crippen LogP contribution in [0.4, 0.5) is 8.78 Å². The lowest BCUT2D eigenvalue weighted by Crippen LogP contribution is -2.30. The van der Waals surface area contributed by atoms with Gasteiger partial charge in [0, 0.05) is 24.2 Å². The van der Waals surface area contributed by atoms with Crippen molar-refractivity contribution in [1.29, 1.82) is 0 Å². The van der Waals surface area contributed by atoms with Crippen molar-refractivity contribution in [2.75, 3.05) is 13.1 Å². The van der Waals surface area contributed by atoms with E-state index in [2.05, 4.69) is 0 Å². The van der Waals surface area contributed by atoms with Crippen LogP contribution >= 0.6 is 0 Å². The fourth-order valence-corrected chi connectivity index (χ4v) is 2.55. The molecule has 1 aromatic carbocycles. The maximum absolute atomic E-state index is 12.5. The highest BCUT2D eigenvalue weighted by Gasteiger charge is 2.46. The van der Waals surface area contributed by atoms with E-state index in [9.17, 15) is 13.6 Å². The minimum absolute atomic E-state index is 0.0831. The number of fused-ring (bicyclic) bond motifs is 1. The van der Waals surface area contributed by atoms with Gasteiger partial charge in [0.2, 0.25) is 0 Å². The van der Waals surface area contributed by atoms with Gasteiger partial charge in [0.1, 0.15) is 0 Å². The summed E-state index contributed by atoms with van der Waals surface area (Å²) in [5, 5.41) is 0. The molecule has 1 saturated heterocycles. The third-order valence-corrected chi connectivity index (χ3v) is 3.65. The minimum Gasteiger partial charge on any atom is -0.338 e. The summed E-state index contributed by atoms with van der Waals surface area (Å²) >= 11 is 0. The van der Waals surface area contributed by atoms with Crippen molar-refractivity contribution < 1.29 is 13.6 Å². The molecule has 1 saturated carbocycles. The third kappa shape index (κ3) is 1.92. The first-order valence-corrected chi connectivity index (χ1v) is 5.82. The molecule has 3 rings (SSSR count). The summed E-state index contributed by atoms with van der Waals surface area (Å²) in [5.41, 5.74) is 0.296. The van der Waals surface area contributed by atoms with Gasteiger partial charge in [-0.15, -0.1) is 0 Å². The van der Waals surface area contributed by atoms with E-state index in [0.717, 1.165) is 13.1 Å². The van der Waals surface area contributed by atoms with Crippen LogP contribution in [0.5, 0.6) is 0 Å². The molecule has 0 radical (unpaired) electrons. The van der Waals surface area contributed by atoms with E-state index in [1.807, 2.05) is 0 Å². The van der Waals surface area contributed by atoms with Gasteiger partial charge in [-0.25, -0.2) is 8.78 Å². The SMILES string of the molecule is O=C(c1cccc(C(F)F)c1)N1CC2CC2C1. The summed E-state index contributed by atoms with van der Waals surface area (Å²) in [6, 6.07) is 5.78. The summed E-state index contributed by atoms with van der Waals surface area (Å²) in [7, 11) is 0. The van der Waals surface area contributed by atoms with Gasteiger partial charge in [-0.3, -0.25) is 4.79 Å². The molecule has 2 unspecified atom stereocenters. The number of carbonyl (C=O) groups is 1. The first-order chi connectivity index (χ1) is 8.15. The summed E-state index contributed by atoms with van der Waals surface area (Å²) in [5.74, 6) is 1.22. The van der Waals surface area contributed by atoms with Crippen molar-refractivity contribution in [3.8, 4) is 0 Å². The summed E-state index contributed by atoms with van der Waals surface area (Å²) in [4.78, 5) is 13.9. The molecule has 17 heavy (non-hydrogen) atoms. The number of hydrogen-bond donors (Lipinski definition) is 0. The standard InChI is InChI=1S/C13H13F2NO/c14-12(15)8-2-1-3-9(4-8)13(17)16-6-10-5-11(10)7-16/h1-4,10-12H,5-7H2. The highest BCUT2D eigenvalue weighted by Crippen LogP contribution is 2.45. The molecule has 0 spiro atoms. The van der Waals surface area contributed by atoms with Crippen LogP contribution in [-0.2, 0) is 0 Å². The Labute approximate surface area is 98.2 Å². The van der Waals surface area contributed by atoms with Gasteiger partial charge in [0.25, 0.3) is 12.3 Å². The molecule has 4 heteroatoms. The van der Waals surface area contributed by atoms with E-state index >= 15 is 0 Å². The maximum atomic E-state index is 12.5. The number of nitrogens with zero attached hydrogens (tertiary/aromatic N) is 1. The monoisotopic (exact) mass is 237 g/mol. The van der Waals surface area contributed by atoms with Crippen molar-refractivity contribution in [3.05, 3.63) is 35.4 Å². The predicted octanol–water partition coefficient (Wildman–Crippen LogP) is 2.72. The highest BCUT2D eigenvalue weighted by atomic mass is 19.3. The number of hydrogen-bond acceptors (Lipinski definition) is 1. The molecule has 90 valence electrons. The van der Waals surface area contributed by atoms with E-state index in [1.165, 1.54) is 24.6 Å². The van der Waals surface area contributed by atoms with Gasteiger partial charge < -0.3 is 4.90 Å². The lowest BCUT2D eigenvalue weighted by atomic mass is 10.1. The molecular formula is C13H13F2NO. The number of piperidine rings is 1. The topological polar surface area (TPSA) is 20.3 Å². The maximum Gasteiger partial charge on any atom is 0.263 e. The van der Waals surface area contributed by atoms with E-state index in [1.54, 1.807) is 11.0 Å². The van der Waals surface area contributed by atoms with Crippen LogP contribution in [0.1, 0.15) is 28.8 Å². The van der Waals surface area contributed by atoms with Crippen molar-refractivity contribution in [3.63, 3.8) is 0 Å². The summed E-state index contributed by atoms with van der Waals surface area (Å²) in [6.45, 7) is 1.59. The molecule has 2 aliphatic rings. The van der Waals surface area contributed by atoms with E-state index in [-0.39, 0.29) is 11.5 Å². The lowest BCUT2D eigenvalue weighted by Gasteiger charge is -2.18. The zero-order valence-electron chi connectivity index (χ0n) is 9.27. The van der Waals surface area contributed by atoms with E-state index in [4.69, 9.17) is 0 Å². The van der Waals surface area contributed by atoms with Gasteiger partial charge in [0.15, 0.2) is 0 Å². The van der Waals surface area contributed by atoms with Crippen LogP contribution in [0.15, 0.2) is 24.3 Å². The van der Waals surface area contributed by atoms with Crippen LogP contribution in [0, 0.1) is 11.8 Å². The molecule has 1 aliphatic heterocycles. The van der Waals surface area contributed by atoms with Crippen LogP contribution in [0.3, 0.4) is 0 Å². The second-order valence-electron chi connectivity index (χ2n) is 4.89. The van der Waals surface area contributed by atoms with Crippen molar-refractivity contribution in [1.82, 2.24) is 4.90 Å². The number of likely N-dealkylation sites (tertiary alicyclic amines) is 1. The number of carbonyl (C=O) groups excluding carboxylic acids is 1. The van der Waals surface area contributed by atoms with E-state index < -0.39 is 6.43 Å². The van der Waals surface area contributed by atoms with Gasteiger partial charge in [-0.05, 0) is 30.4 Å². The molecule has 0 bridgehead atoms. The molecule has 0 N–H and O–H groups in total. The molecule has 2 nitrogen and oxygen atoms in total. The highest BCUT2D eigenvalue weighted by molar-refractivity contribution is 5.94. The fourth-order valence-electron chi connectivity index (χ4n) is 2.55. The Morgan fingerprint density at radius 1 is 1.29 bits per heavy atom. The first-order valence-electron chi connectivity index (χ1n) is 5.82. The largest absolute Gasteiger partial charge is 0.338 e. The average molecular weight is 237 g/mol. The van der Waals surface area contributed by atoms with Crippen LogP contribution in [0.2, 0.25) is 0 Å². The van der Waals surface area contributed by atoms with Crippen LogP contribution < -0.4 is 0 Å². The third-order valence-electron chi connectivity index (χ3n) is 3.65. The fraction of sp³-hybridized carbons (Fsp3) is 0.462. The number of benzene rings is 1. The molecular weight excluding hydrogens is 224 g/mol. The predicted molar refractivity (Wildman–Crippen MR) is 58.9 cm³/mol. The molecule has 1 aliphatic carbocycles. The number of rotatable bonds is 2. The summed E-state index contributed by atoms with van der Waals surface area (Å²) < 4.78 is 25.1. The van der Waals surface area contributed by atoms with E-state index in [0.29, 0.717) is 17.4 Å². The molecule has 1 heterocycles. The number of alkyl halides is 2. The Bertz CT molecular complexity index is 450. The molecule has 1 amide bonds. The first kappa shape index (κ1) is 10.7. The quantitative estimate of drug-likeness (QED) is 0.774. The minimum atomic E-state index is -2.52. The molecule has 2 atom stereocenters. The Hall–Kier alpha value is -1.45. The average Bonchev–Trinajstić information content (AvgIpc) is 2.95. The second kappa shape index (κ2) is 3.79. The Kier molecular flexibility index (Phi) is 2.38. The zero-order valence-corrected chi connectivity index (χ0v) is 9.27. The smallest absolute Gasteiger partial charge is 0.263 e. The lowest BCUT2D eigenvalue weighted by molar-refractivity contribution is 0.0775. The Morgan fingerprint density at radius 3 is 2.65 bits per heavy atom. The normalized spacial score (nSPS) is 26.2. The summed E-state index contributed by atoms with van der Waals surface area (Å²) in [6.07, 6.45) is -1.30. The Balaban J connectivity index is 1.78. The van der Waals surface area contributed by atoms with Crippen molar-refractivity contribution in [2.24, 2.45) is 11.8 Å². The van der Waals surface area contributed by atoms with Crippen molar-refractivity contribution in [2.45, 2.75) is 12.8 Å². The molecule has 2 fully saturated rings. The van der Waals surface area contributed by atoms with Gasteiger partial charge in [0.05, 0.1) is 0 Å². The second-order valence-corrected chi connectivity index (χ2v) is 4.89. The zero-order chi connectivity index (χ0) is 12.0. The van der Waals surface area contributed by atoms with Gasteiger partial charge in [-0.1, -0.05) is 12.1 Å². The number of amides is 1. The van der Waals surface area contributed by atoms with Crippen molar-refractivity contribution >= 4 is 5.91 Å². The Morgan fingerprint density at radius 2 is 2.00 bits per heavy atom. The van der Waals surface area contributed by atoms with Gasteiger partial charge in [-0.2, -0.15) is 0 Å².